The van der Waals surface area contributed by atoms with Gasteiger partial charge in [0.05, 0.1) is 12.6 Å². The van der Waals surface area contributed by atoms with E-state index in [1.807, 2.05) is 18.2 Å². The van der Waals surface area contributed by atoms with Gasteiger partial charge in [0.2, 0.25) is 0 Å². The smallest absolute Gasteiger partial charge is 0.149 e. The first-order valence-corrected chi connectivity index (χ1v) is 9.72. The van der Waals surface area contributed by atoms with Crippen LogP contribution in [0.3, 0.4) is 0 Å². The third kappa shape index (κ3) is 4.42. The molecule has 1 heterocycles. The van der Waals surface area contributed by atoms with E-state index in [-0.39, 0.29) is 18.7 Å². The highest BCUT2D eigenvalue weighted by Gasteiger charge is 2.30. The van der Waals surface area contributed by atoms with Crippen LogP contribution in [0.15, 0.2) is 59.9 Å². The Morgan fingerprint density at radius 3 is 2.63 bits per heavy atom. The average molecular weight is 372 g/mol. The van der Waals surface area contributed by atoms with Crippen molar-refractivity contribution in [2.24, 2.45) is 0 Å². The molecule has 0 radical (unpaired) electrons. The molecule has 0 saturated heterocycles. The van der Waals surface area contributed by atoms with E-state index in [0.29, 0.717) is 5.76 Å². The number of aliphatic hydroxyl groups excluding tert-OH is 1. The van der Waals surface area contributed by atoms with Gasteiger partial charge in [-0.1, -0.05) is 30.4 Å². The molecule has 1 aliphatic heterocycles. The molecule has 0 saturated carbocycles. The number of ether oxygens (including phenoxy) is 1. The number of nitrogens with one attached hydrogen (secondary N) is 1. The van der Waals surface area contributed by atoms with Crippen LogP contribution in [0.1, 0.15) is 31.9 Å². The van der Waals surface area contributed by atoms with E-state index < -0.39 is 12.8 Å². The van der Waals surface area contributed by atoms with Crippen molar-refractivity contribution in [3.63, 3.8) is 0 Å². The molecule has 4 nitrogen and oxygen atoms in total. The van der Waals surface area contributed by atoms with Gasteiger partial charge in [-0.25, -0.2) is 4.39 Å². The maximum Gasteiger partial charge on any atom is 0.149 e. The Kier molecular flexibility index (Phi) is 6.69. The molecule has 2 aliphatic rings. The molecule has 0 bridgehead atoms. The summed E-state index contributed by atoms with van der Waals surface area (Å²) in [5.74, 6) is 0.653. The van der Waals surface area contributed by atoms with Gasteiger partial charge in [0.1, 0.15) is 18.5 Å². The first kappa shape index (κ1) is 19.6. The van der Waals surface area contributed by atoms with Crippen molar-refractivity contribution in [3.05, 3.63) is 65.5 Å². The second kappa shape index (κ2) is 9.20. The maximum absolute atomic E-state index is 13.1. The van der Waals surface area contributed by atoms with Crippen molar-refractivity contribution >= 4 is 5.69 Å². The monoisotopic (exact) mass is 372 g/mol. The molecule has 1 aromatic carbocycles. The fourth-order valence-electron chi connectivity index (χ4n) is 3.63. The van der Waals surface area contributed by atoms with Crippen LogP contribution in [0.5, 0.6) is 0 Å². The Hall–Kier alpha value is -2.11. The van der Waals surface area contributed by atoms with Crippen molar-refractivity contribution in [1.29, 1.82) is 0 Å². The highest BCUT2D eigenvalue weighted by atomic mass is 19.1. The molecule has 0 amide bonds. The number of halogens is 1. The Labute approximate surface area is 161 Å². The summed E-state index contributed by atoms with van der Waals surface area (Å²) < 4.78 is 19.0. The van der Waals surface area contributed by atoms with Crippen LogP contribution in [-0.2, 0) is 4.74 Å². The normalized spacial score (nSPS) is 22.5. The lowest BCUT2D eigenvalue weighted by Gasteiger charge is -2.35. The van der Waals surface area contributed by atoms with E-state index in [4.69, 9.17) is 4.74 Å². The minimum absolute atomic E-state index is 0.162. The zero-order chi connectivity index (χ0) is 19.2. The quantitative estimate of drug-likeness (QED) is 0.731. The topological polar surface area (TPSA) is 44.7 Å². The molecular formula is C22H29FN2O2. The number of hydrogen-bond donors (Lipinski definition) is 2. The van der Waals surface area contributed by atoms with Crippen LogP contribution in [0.2, 0.25) is 0 Å². The van der Waals surface area contributed by atoms with Crippen molar-refractivity contribution in [2.75, 3.05) is 31.3 Å². The highest BCUT2D eigenvalue weighted by Crippen LogP contribution is 2.34. The Balaban J connectivity index is 1.89. The molecule has 1 aliphatic carbocycles. The summed E-state index contributed by atoms with van der Waals surface area (Å²) in [5, 5.41) is 13.0. The summed E-state index contributed by atoms with van der Waals surface area (Å²) in [5.41, 5.74) is 3.38. The summed E-state index contributed by atoms with van der Waals surface area (Å²) in [6.07, 6.45) is 8.28. The minimum atomic E-state index is -0.841. The van der Waals surface area contributed by atoms with Crippen LogP contribution in [0, 0.1) is 0 Å². The summed E-state index contributed by atoms with van der Waals surface area (Å²) in [7, 11) is 0. The predicted octanol–water partition coefficient (Wildman–Crippen LogP) is 3.66. The van der Waals surface area contributed by atoms with E-state index in [1.54, 1.807) is 0 Å². The van der Waals surface area contributed by atoms with Gasteiger partial charge in [0.25, 0.3) is 0 Å². The van der Waals surface area contributed by atoms with Gasteiger partial charge in [-0.3, -0.25) is 5.32 Å². The minimum Gasteiger partial charge on any atom is -0.488 e. The Bertz CT molecular complexity index is 704. The molecule has 146 valence electrons. The second-order valence-corrected chi connectivity index (χ2v) is 6.87. The summed E-state index contributed by atoms with van der Waals surface area (Å²) >= 11 is 0. The fraction of sp³-hybridized carbons (Fsp3) is 0.455. The van der Waals surface area contributed by atoms with E-state index in [0.717, 1.165) is 30.6 Å². The highest BCUT2D eigenvalue weighted by molar-refractivity contribution is 5.49. The first-order chi connectivity index (χ1) is 13.2. The summed E-state index contributed by atoms with van der Waals surface area (Å²) in [6, 6.07) is 8.48. The van der Waals surface area contributed by atoms with Crippen molar-refractivity contribution in [1.82, 2.24) is 5.32 Å². The molecule has 2 N–H and O–H groups in total. The van der Waals surface area contributed by atoms with E-state index in [9.17, 15) is 9.50 Å². The number of fused-ring (bicyclic) bond motifs is 1. The first-order valence-electron chi connectivity index (χ1n) is 9.72. The number of benzene rings is 1. The van der Waals surface area contributed by atoms with E-state index >= 15 is 0 Å². The third-order valence-electron chi connectivity index (χ3n) is 5.19. The van der Waals surface area contributed by atoms with Gasteiger partial charge >= 0.3 is 0 Å². The van der Waals surface area contributed by atoms with Gasteiger partial charge in [0.15, 0.2) is 0 Å². The molecule has 0 fully saturated rings. The van der Waals surface area contributed by atoms with Crippen LogP contribution in [-0.4, -0.2) is 43.6 Å². The Morgan fingerprint density at radius 1 is 1.26 bits per heavy atom. The molecule has 1 aromatic rings. The molecular weight excluding hydrogens is 343 g/mol. The zero-order valence-electron chi connectivity index (χ0n) is 16.1. The lowest BCUT2D eigenvalue weighted by molar-refractivity contribution is 0.0293. The fourth-order valence-corrected chi connectivity index (χ4v) is 3.63. The van der Waals surface area contributed by atoms with Gasteiger partial charge in [-0.15, -0.1) is 0 Å². The number of rotatable bonds is 8. The van der Waals surface area contributed by atoms with Crippen LogP contribution in [0.25, 0.3) is 0 Å². The Morgan fingerprint density at radius 2 is 2.00 bits per heavy atom. The molecule has 3 rings (SSSR count). The standard InChI is InChI=1S/C22H29FN2O2/c1-3-25(4-2)18-11-9-16(10-12-18)22-21(27-19(14-23)15-26)13-17-7-5-6-8-20(17)24-22/h5-7,9-13,19-20,22,24,26H,3-4,8,14-15H2,1-2H3/t19?,20-,22+/m0/s1. The van der Waals surface area contributed by atoms with Gasteiger partial charge in [-0.2, -0.15) is 0 Å². The SMILES string of the molecule is CCN(CC)c1ccc([C@H]2N[C@H]3CC=CC=C3C=C2OC(CO)CF)cc1. The van der Waals surface area contributed by atoms with Crippen LogP contribution >= 0.6 is 0 Å². The molecule has 3 atom stereocenters. The van der Waals surface area contributed by atoms with Gasteiger partial charge < -0.3 is 14.7 Å². The predicted molar refractivity (Wildman–Crippen MR) is 108 cm³/mol. The van der Waals surface area contributed by atoms with E-state index in [1.165, 1.54) is 5.69 Å². The maximum atomic E-state index is 13.1. The lowest BCUT2D eigenvalue weighted by Crippen LogP contribution is -2.40. The van der Waals surface area contributed by atoms with Crippen LogP contribution in [0.4, 0.5) is 10.1 Å². The molecule has 0 aromatic heterocycles. The van der Waals surface area contributed by atoms with Crippen molar-refractivity contribution in [2.45, 2.75) is 38.5 Å². The van der Waals surface area contributed by atoms with Gasteiger partial charge in [-0.05, 0) is 49.6 Å². The van der Waals surface area contributed by atoms with Crippen LogP contribution < -0.4 is 10.2 Å². The summed E-state index contributed by atoms with van der Waals surface area (Å²) in [4.78, 5) is 2.29. The number of allylic oxidation sites excluding steroid dienone is 2. The third-order valence-corrected chi connectivity index (χ3v) is 5.19. The molecule has 0 spiro atoms. The number of nitrogens with zero attached hydrogens (tertiary/aromatic N) is 1. The largest absolute Gasteiger partial charge is 0.488 e. The van der Waals surface area contributed by atoms with Crippen molar-refractivity contribution < 1.29 is 14.2 Å². The number of anilines is 1. The van der Waals surface area contributed by atoms with Crippen molar-refractivity contribution in [3.8, 4) is 0 Å². The molecule has 5 heteroatoms. The lowest BCUT2D eigenvalue weighted by atomic mass is 9.90. The zero-order valence-corrected chi connectivity index (χ0v) is 16.1. The summed E-state index contributed by atoms with van der Waals surface area (Å²) in [6.45, 7) is 5.15. The number of aliphatic hydroxyl groups is 1. The number of alkyl halides is 1. The molecule has 1 unspecified atom stereocenters. The van der Waals surface area contributed by atoms with E-state index in [2.05, 4.69) is 54.4 Å². The molecule has 27 heavy (non-hydrogen) atoms. The average Bonchev–Trinajstić information content (AvgIpc) is 2.73. The van der Waals surface area contributed by atoms with Gasteiger partial charge in [0, 0.05) is 24.8 Å². The second-order valence-electron chi connectivity index (χ2n) is 6.87. The number of hydrogen-bond acceptors (Lipinski definition) is 4.